The number of alkyl halides is 2. The Hall–Kier alpha value is -5.34. The number of allylic oxidation sites excluding steroid dienone is 1. The van der Waals surface area contributed by atoms with E-state index in [-0.39, 0.29) is 35.9 Å². The average molecular weight is 771 g/mol. The van der Waals surface area contributed by atoms with Crippen LogP contribution in [0.3, 0.4) is 0 Å². The summed E-state index contributed by atoms with van der Waals surface area (Å²) in [6, 6.07) is 18.0. The molecule has 5 aromatic rings. The Bertz CT molecular complexity index is 2320. The van der Waals surface area contributed by atoms with Crippen LogP contribution < -0.4 is 19.7 Å². The quantitative estimate of drug-likeness (QED) is 0.121. The van der Waals surface area contributed by atoms with E-state index in [4.69, 9.17) is 14.5 Å². The number of hydrogen-bond donors (Lipinski definition) is 1. The predicted octanol–water partition coefficient (Wildman–Crippen LogP) is 6.86. The first-order valence-corrected chi connectivity index (χ1v) is 19.6. The smallest absolute Gasteiger partial charge is 0.387 e. The van der Waals surface area contributed by atoms with Crippen molar-refractivity contribution in [3.05, 3.63) is 114 Å². The molecule has 1 amide bonds. The van der Waals surface area contributed by atoms with Gasteiger partial charge in [-0.2, -0.15) is 8.78 Å². The van der Waals surface area contributed by atoms with Crippen molar-refractivity contribution >= 4 is 32.7 Å². The number of carbonyl (C=O) groups excluding carboxylic acids is 1. The fourth-order valence-electron chi connectivity index (χ4n) is 7.14. The van der Waals surface area contributed by atoms with Crippen molar-refractivity contribution in [1.82, 2.24) is 24.2 Å². The summed E-state index contributed by atoms with van der Waals surface area (Å²) in [5, 5.41) is 3.32. The Morgan fingerprint density at radius 2 is 1.78 bits per heavy atom. The lowest BCUT2D eigenvalue weighted by molar-refractivity contribution is -0.0507. The largest absolute Gasteiger partial charge is 0.472 e. The van der Waals surface area contributed by atoms with Gasteiger partial charge in [-0.05, 0) is 81.1 Å². The lowest BCUT2D eigenvalue weighted by Crippen LogP contribution is -2.44. The fraction of sp³-hybridized carbons (Fsp3) is 0.341. The van der Waals surface area contributed by atoms with Crippen molar-refractivity contribution in [2.45, 2.75) is 57.6 Å². The second-order valence-electron chi connectivity index (χ2n) is 14.3. The van der Waals surface area contributed by atoms with E-state index in [2.05, 4.69) is 33.7 Å². The van der Waals surface area contributed by atoms with Crippen molar-refractivity contribution in [3.63, 3.8) is 0 Å². The molecule has 0 spiro atoms. The molecule has 1 aliphatic heterocycles. The molecule has 1 aliphatic carbocycles. The van der Waals surface area contributed by atoms with Crippen molar-refractivity contribution in [1.29, 1.82) is 0 Å². The summed E-state index contributed by atoms with van der Waals surface area (Å²) in [6.07, 6.45) is 6.24. The second kappa shape index (κ2) is 15.4. The number of nitrogens with zero attached hydrogens (tertiary/aromatic N) is 5. The number of hydrogen-bond acceptors (Lipinski definition) is 9. The van der Waals surface area contributed by atoms with Crippen LogP contribution in [0.15, 0.2) is 85.7 Å². The average Bonchev–Trinajstić information content (AvgIpc) is 3.89. The number of piperazine rings is 1. The van der Waals surface area contributed by atoms with Crippen LogP contribution in [0, 0.1) is 13.8 Å². The summed E-state index contributed by atoms with van der Waals surface area (Å²) < 4.78 is 67.1. The highest BCUT2D eigenvalue weighted by Crippen LogP contribution is 2.49. The van der Waals surface area contributed by atoms with Crippen LogP contribution in [0.25, 0.3) is 22.0 Å². The maximum Gasteiger partial charge on any atom is 0.387 e. The lowest BCUT2D eigenvalue weighted by Gasteiger charge is -2.33. The number of halogens is 2. The third kappa shape index (κ3) is 7.78. The van der Waals surface area contributed by atoms with Gasteiger partial charge in [0.15, 0.2) is 0 Å². The van der Waals surface area contributed by atoms with E-state index < -0.39 is 27.3 Å². The standard InChI is InChI=1S/C41H44F2N6O5S/c1-5-13-41(14-15-41)55(51,52)49-25-27(2)37-32(21-31(22-34(37)49)30-11-12-36(44-23-30)48-18-16-47(4)17-19-48)38(50)45-24-33-35(54-40(42)43)20-28(3)46-39(33)53-26-29-9-7-6-8-10-29/h5-12,20-23,25,40H,1,13-19,24,26H2,2-4H3,(H,45,50). The number of pyridine rings is 2. The highest BCUT2D eigenvalue weighted by molar-refractivity contribution is 7.91. The number of benzene rings is 2. The van der Waals surface area contributed by atoms with Crippen molar-refractivity contribution in [2.75, 3.05) is 38.1 Å². The summed E-state index contributed by atoms with van der Waals surface area (Å²) in [7, 11) is -1.81. The molecular formula is C41H44F2N6O5S. The molecule has 1 saturated carbocycles. The summed E-state index contributed by atoms with van der Waals surface area (Å²) in [6.45, 7) is 7.42. The highest BCUT2D eigenvalue weighted by atomic mass is 32.2. The summed E-state index contributed by atoms with van der Waals surface area (Å²) in [5.74, 6) is 0.130. The molecule has 11 nitrogen and oxygen atoms in total. The first kappa shape index (κ1) is 38.0. The zero-order chi connectivity index (χ0) is 38.9. The number of aryl methyl sites for hydroxylation is 2. The number of likely N-dealkylation sites (N-methyl/N-ethyl adjacent to an activating group) is 1. The summed E-state index contributed by atoms with van der Waals surface area (Å²) >= 11 is 0. The zero-order valence-electron chi connectivity index (χ0n) is 31.1. The molecule has 0 atom stereocenters. The van der Waals surface area contributed by atoms with Crippen LogP contribution in [0.5, 0.6) is 11.6 Å². The van der Waals surface area contributed by atoms with E-state index >= 15 is 0 Å². The SMILES string of the molecule is C=CCC1(S(=O)(=O)n2cc(C)c3c(C(=O)NCc4c(OC(F)F)cc(C)nc4OCc4ccccc4)cc(-c4ccc(N5CCN(C)CC5)nc4)cc32)CC1. The van der Waals surface area contributed by atoms with Gasteiger partial charge < -0.3 is 24.6 Å². The number of fused-ring (bicyclic) bond motifs is 1. The second-order valence-corrected chi connectivity index (χ2v) is 16.5. The molecule has 0 unspecified atom stereocenters. The number of aromatic nitrogens is 3. The van der Waals surface area contributed by atoms with Crippen LogP contribution in [0.2, 0.25) is 0 Å². The number of ether oxygens (including phenoxy) is 2. The van der Waals surface area contributed by atoms with E-state index in [0.29, 0.717) is 52.5 Å². The van der Waals surface area contributed by atoms with Crippen molar-refractivity contribution < 1.29 is 31.5 Å². The topological polar surface area (TPSA) is 119 Å². The van der Waals surface area contributed by atoms with Crippen LogP contribution >= 0.6 is 0 Å². The van der Waals surface area contributed by atoms with Gasteiger partial charge in [-0.1, -0.05) is 36.4 Å². The molecule has 2 aromatic carbocycles. The molecule has 4 heterocycles. The number of amides is 1. The van der Waals surface area contributed by atoms with Gasteiger partial charge in [0.25, 0.3) is 5.91 Å². The van der Waals surface area contributed by atoms with Gasteiger partial charge >= 0.3 is 6.61 Å². The van der Waals surface area contributed by atoms with Crippen LogP contribution in [-0.2, 0) is 23.2 Å². The maximum absolute atomic E-state index is 14.4. The maximum atomic E-state index is 14.4. The van der Waals surface area contributed by atoms with Gasteiger partial charge in [-0.25, -0.2) is 22.4 Å². The number of carbonyl (C=O) groups is 1. The summed E-state index contributed by atoms with van der Waals surface area (Å²) in [4.78, 5) is 28.0. The van der Waals surface area contributed by atoms with E-state index in [1.165, 1.54) is 10.0 Å². The molecule has 0 bridgehead atoms. The van der Waals surface area contributed by atoms with E-state index in [1.807, 2.05) is 42.5 Å². The van der Waals surface area contributed by atoms with Gasteiger partial charge in [0.1, 0.15) is 18.2 Å². The normalized spacial score (nSPS) is 15.6. The molecule has 1 saturated heterocycles. The van der Waals surface area contributed by atoms with Gasteiger partial charge in [-0.15, -0.1) is 6.58 Å². The minimum absolute atomic E-state index is 0.0376. The first-order valence-electron chi connectivity index (χ1n) is 18.2. The van der Waals surface area contributed by atoms with Crippen LogP contribution in [0.1, 0.15) is 52.0 Å². The third-order valence-electron chi connectivity index (χ3n) is 10.4. The Balaban J connectivity index is 1.27. The monoisotopic (exact) mass is 770 g/mol. The number of nitrogens with one attached hydrogen (secondary N) is 1. The van der Waals surface area contributed by atoms with Gasteiger partial charge in [0.2, 0.25) is 15.9 Å². The van der Waals surface area contributed by atoms with E-state index in [1.54, 1.807) is 44.4 Å². The fourth-order valence-corrected chi connectivity index (χ4v) is 9.21. The highest BCUT2D eigenvalue weighted by Gasteiger charge is 2.54. The molecule has 14 heteroatoms. The molecule has 1 N–H and O–H groups in total. The van der Waals surface area contributed by atoms with Gasteiger partial charge in [0.05, 0.1) is 22.4 Å². The number of anilines is 1. The molecule has 2 aliphatic rings. The third-order valence-corrected chi connectivity index (χ3v) is 12.9. The Morgan fingerprint density at radius 1 is 1.04 bits per heavy atom. The van der Waals surface area contributed by atoms with Gasteiger partial charge in [-0.3, -0.25) is 4.79 Å². The molecule has 3 aromatic heterocycles. The molecular weight excluding hydrogens is 727 g/mol. The Kier molecular flexibility index (Phi) is 10.6. The molecule has 7 rings (SSSR count). The summed E-state index contributed by atoms with van der Waals surface area (Å²) in [5.41, 5.74) is 3.77. The van der Waals surface area contributed by atoms with Crippen LogP contribution in [-0.4, -0.2) is 77.8 Å². The number of rotatable bonds is 14. The molecule has 2 fully saturated rings. The molecule has 55 heavy (non-hydrogen) atoms. The van der Waals surface area contributed by atoms with Crippen molar-refractivity contribution in [2.24, 2.45) is 0 Å². The van der Waals surface area contributed by atoms with E-state index in [9.17, 15) is 22.0 Å². The molecule has 288 valence electrons. The van der Waals surface area contributed by atoms with Crippen molar-refractivity contribution in [3.8, 4) is 22.8 Å². The minimum atomic E-state index is -3.90. The zero-order valence-corrected chi connectivity index (χ0v) is 31.9. The Morgan fingerprint density at radius 3 is 2.44 bits per heavy atom. The predicted molar refractivity (Wildman–Crippen MR) is 208 cm³/mol. The first-order chi connectivity index (χ1) is 26.4. The minimum Gasteiger partial charge on any atom is -0.472 e. The van der Waals surface area contributed by atoms with Gasteiger partial charge in [0, 0.05) is 66.8 Å². The van der Waals surface area contributed by atoms with Crippen LogP contribution in [0.4, 0.5) is 14.6 Å². The lowest BCUT2D eigenvalue weighted by atomic mass is 9.99. The van der Waals surface area contributed by atoms with E-state index in [0.717, 1.165) is 37.6 Å². The molecule has 0 radical (unpaired) electrons. The Labute approximate surface area is 319 Å².